The van der Waals surface area contributed by atoms with Crippen LogP contribution in [-0.2, 0) is 65.6 Å². The van der Waals surface area contributed by atoms with Gasteiger partial charge in [-0.15, -0.1) is 0 Å². The second kappa shape index (κ2) is 30.7. The van der Waals surface area contributed by atoms with Crippen molar-refractivity contribution in [3.63, 3.8) is 0 Å². The van der Waals surface area contributed by atoms with Crippen molar-refractivity contribution in [2.75, 3.05) is 32.4 Å². The van der Waals surface area contributed by atoms with Gasteiger partial charge >= 0.3 is 0 Å². The third kappa shape index (κ3) is 19.6. The van der Waals surface area contributed by atoms with Gasteiger partial charge in [0.15, 0.2) is 5.96 Å². The minimum absolute atomic E-state index is 0.0148. The lowest BCUT2D eigenvalue weighted by Crippen LogP contribution is -2.61. The molecular formula is C52H74N14O12S2. The molecule has 2 heterocycles. The molecule has 1 spiro atoms. The maximum absolute atomic E-state index is 15.0. The summed E-state index contributed by atoms with van der Waals surface area (Å²) >= 11 is 0. The number of phenolic OH excluding ortho intramolecular Hbond substituents is 1. The molecule has 7 atom stereocenters. The number of likely N-dealkylation sites (N-methyl/N-ethyl adjacent to an activating group) is 1. The quantitative estimate of drug-likeness (QED) is 0.0305. The molecule has 1 aliphatic carbocycles. The van der Waals surface area contributed by atoms with Gasteiger partial charge in [-0.2, -0.15) is 0 Å². The summed E-state index contributed by atoms with van der Waals surface area (Å²) in [5.74, 6) is -9.51. The number of aliphatic imine (C=N–C) groups is 1. The van der Waals surface area contributed by atoms with Crippen LogP contribution in [-0.4, -0.2) is 165 Å². The molecule has 0 radical (unpaired) electrons. The summed E-state index contributed by atoms with van der Waals surface area (Å²) in [5.41, 5.74) is 28.5. The highest BCUT2D eigenvalue weighted by Gasteiger charge is 2.43. The monoisotopic (exact) mass is 1150 g/mol. The van der Waals surface area contributed by atoms with Crippen LogP contribution < -0.4 is 60.6 Å². The standard InChI is InChI=1S/C52H74N14O12S2/c1-65-39(25-31-14-16-32(67)17-15-31)49(77)63-35(24-30-10-4-2-5-11-30)46(74)60-34(18-19-40(53)68)45(73)62-36(26-41(54)69)47(75)64-37(29-79-80-52(27-43(65)71)20-6-3-7-21-52)50(78)66-23-9-13-38(66)48(76)61-33(12-8-22-58-51(56)57)44(72)59-28-42(55)70/h2,4-5,10-11,14-17,33-39,67H,3,6-9,12-13,18-29H2,1H3,(H2,53,68)(H2,54,69)(H2,55,70)(H,59,72)(H,60,74)(H,61,76)(H,62,73)(H,63,77)(H,64,75)(H4,56,57,58)/t33-,34-,35+,36+,37-,38-,39-/m0/s1. The van der Waals surface area contributed by atoms with Crippen LogP contribution in [0.15, 0.2) is 59.6 Å². The van der Waals surface area contributed by atoms with Crippen molar-refractivity contribution >= 4 is 92.5 Å². The second-order valence-electron chi connectivity index (χ2n) is 20.2. The van der Waals surface area contributed by atoms with Crippen LogP contribution in [0.1, 0.15) is 94.6 Å². The molecule has 11 amide bonds. The second-order valence-corrected chi connectivity index (χ2v) is 23.0. The fourth-order valence-corrected chi connectivity index (χ4v) is 13.0. The molecule has 2 aromatic rings. The number of nitrogens with one attached hydrogen (secondary N) is 6. The van der Waals surface area contributed by atoms with Crippen molar-refractivity contribution in [3.8, 4) is 5.75 Å². The van der Waals surface area contributed by atoms with E-state index in [9.17, 15) is 57.8 Å². The number of benzene rings is 2. The molecule has 1 saturated carbocycles. The molecule has 26 nitrogen and oxygen atoms in total. The predicted molar refractivity (Wildman–Crippen MR) is 298 cm³/mol. The van der Waals surface area contributed by atoms with Gasteiger partial charge < -0.3 is 75.5 Å². The van der Waals surface area contributed by atoms with E-state index in [1.165, 1.54) is 50.6 Å². The topological polar surface area (TPSA) is 429 Å². The summed E-state index contributed by atoms with van der Waals surface area (Å²) in [4.78, 5) is 158. The zero-order valence-corrected chi connectivity index (χ0v) is 46.3. The molecule has 0 unspecified atom stereocenters. The number of carbonyl (C=O) groups is 11. The van der Waals surface area contributed by atoms with Crippen LogP contribution in [0.5, 0.6) is 5.75 Å². The number of likely N-dealkylation sites (tertiary alicyclic amines) is 1. The maximum Gasteiger partial charge on any atom is 0.246 e. The number of guanidine groups is 1. The number of primary amides is 3. The lowest BCUT2D eigenvalue weighted by molar-refractivity contribution is -0.142. The summed E-state index contributed by atoms with van der Waals surface area (Å²) in [5, 5.41) is 25.7. The van der Waals surface area contributed by atoms with Gasteiger partial charge in [0.1, 0.15) is 48.0 Å². The van der Waals surface area contributed by atoms with E-state index >= 15 is 0 Å². The van der Waals surface area contributed by atoms with Crippen LogP contribution >= 0.6 is 21.6 Å². The SMILES string of the molecule is CN1C(=O)CC2(CCCCC2)SSC[C@@H](C(=O)N2CCC[C@H]2C(=O)N[C@@H](CCCN=C(N)N)C(=O)NCC(N)=O)NC(=O)[C@@H](CC(N)=O)NC(=O)[C@H](CCC(N)=O)NC(=O)[C@@H](Cc2ccccc2)NC(=O)[C@@H]1Cc1ccc(O)cc1. The molecular weight excluding hydrogens is 1080 g/mol. The molecule has 436 valence electrons. The van der Waals surface area contributed by atoms with Crippen LogP contribution in [0, 0.1) is 0 Å². The van der Waals surface area contributed by atoms with E-state index in [4.69, 9.17) is 28.7 Å². The Bertz CT molecular complexity index is 2590. The van der Waals surface area contributed by atoms with Crippen molar-refractivity contribution in [1.29, 1.82) is 0 Å². The van der Waals surface area contributed by atoms with Crippen LogP contribution in [0.25, 0.3) is 0 Å². The first-order chi connectivity index (χ1) is 38.0. The minimum atomic E-state index is -1.78. The third-order valence-electron chi connectivity index (χ3n) is 14.0. The van der Waals surface area contributed by atoms with Crippen LogP contribution in [0.2, 0.25) is 0 Å². The Labute approximate surface area is 471 Å². The van der Waals surface area contributed by atoms with Gasteiger partial charge in [-0.1, -0.05) is 83.3 Å². The summed E-state index contributed by atoms with van der Waals surface area (Å²) in [6.45, 7) is -0.394. The Balaban J connectivity index is 1.55. The molecule has 17 N–H and O–H groups in total. The van der Waals surface area contributed by atoms with Gasteiger partial charge in [-0.3, -0.25) is 57.7 Å². The van der Waals surface area contributed by atoms with Crippen molar-refractivity contribution in [2.45, 2.75) is 143 Å². The number of rotatable bonds is 19. The lowest BCUT2D eigenvalue weighted by Gasteiger charge is -2.38. The fraction of sp³-hybridized carbons (Fsp3) is 0.538. The summed E-state index contributed by atoms with van der Waals surface area (Å²) in [7, 11) is 4.00. The van der Waals surface area contributed by atoms with Gasteiger partial charge in [-0.25, -0.2) is 0 Å². The molecule has 80 heavy (non-hydrogen) atoms. The van der Waals surface area contributed by atoms with Crippen molar-refractivity contribution in [1.82, 2.24) is 41.7 Å². The molecule has 3 aliphatic rings. The van der Waals surface area contributed by atoms with E-state index in [-0.39, 0.29) is 69.1 Å². The highest BCUT2D eigenvalue weighted by atomic mass is 33.1. The predicted octanol–water partition coefficient (Wildman–Crippen LogP) is -2.30. The molecule has 2 aromatic carbocycles. The van der Waals surface area contributed by atoms with Crippen molar-refractivity contribution < 1.29 is 57.8 Å². The van der Waals surface area contributed by atoms with E-state index in [1.807, 2.05) is 0 Å². The number of amides is 11. The Hall–Kier alpha value is -7.62. The average Bonchev–Trinajstić information content (AvgIpc) is 3.91. The number of aromatic hydroxyl groups is 1. The molecule has 0 bridgehead atoms. The van der Waals surface area contributed by atoms with E-state index in [0.29, 0.717) is 30.4 Å². The number of nitrogens with two attached hydrogens (primary N) is 5. The summed E-state index contributed by atoms with van der Waals surface area (Å²) in [6, 6.07) is 4.82. The van der Waals surface area contributed by atoms with E-state index in [2.05, 4.69) is 36.9 Å². The number of carbonyl (C=O) groups excluding carboxylic acids is 11. The number of hydrogen-bond acceptors (Lipinski definition) is 15. The first kappa shape index (κ1) is 63.2. The van der Waals surface area contributed by atoms with E-state index < -0.39 is 138 Å². The number of hydrogen-bond donors (Lipinski definition) is 12. The Kier molecular flexibility index (Phi) is 24.2. The smallest absolute Gasteiger partial charge is 0.246 e. The highest BCUT2D eigenvalue weighted by Crippen LogP contribution is 2.49. The lowest BCUT2D eigenvalue weighted by atomic mass is 9.85. The van der Waals surface area contributed by atoms with Crippen molar-refractivity contribution in [3.05, 3.63) is 65.7 Å². The van der Waals surface area contributed by atoms with Gasteiger partial charge in [-0.05, 0) is 68.2 Å². The summed E-state index contributed by atoms with van der Waals surface area (Å²) in [6.07, 6.45) is 2.29. The number of nitrogens with zero attached hydrogens (tertiary/aromatic N) is 3. The Morgan fingerprint density at radius 1 is 0.762 bits per heavy atom. The Morgan fingerprint density at radius 2 is 1.40 bits per heavy atom. The first-order valence-corrected chi connectivity index (χ1v) is 28.7. The molecule has 3 fully saturated rings. The molecule has 28 heteroatoms. The fourth-order valence-electron chi connectivity index (χ4n) is 9.67. The van der Waals surface area contributed by atoms with Gasteiger partial charge in [0.05, 0.1) is 13.0 Å². The van der Waals surface area contributed by atoms with Gasteiger partial charge in [0.2, 0.25) is 65.0 Å². The minimum Gasteiger partial charge on any atom is -0.508 e. The van der Waals surface area contributed by atoms with Crippen molar-refractivity contribution in [2.24, 2.45) is 33.7 Å². The molecule has 5 rings (SSSR count). The molecule has 0 aromatic heterocycles. The van der Waals surface area contributed by atoms with E-state index in [0.717, 1.165) is 19.3 Å². The zero-order chi connectivity index (χ0) is 58.5. The normalized spacial score (nSPS) is 22.8. The average molecular weight is 1150 g/mol. The van der Waals surface area contributed by atoms with Crippen LogP contribution in [0.3, 0.4) is 0 Å². The van der Waals surface area contributed by atoms with Gasteiger partial charge in [0, 0.05) is 56.3 Å². The zero-order valence-electron chi connectivity index (χ0n) is 44.7. The van der Waals surface area contributed by atoms with E-state index in [1.54, 1.807) is 42.5 Å². The highest BCUT2D eigenvalue weighted by molar-refractivity contribution is 8.77. The first-order valence-electron chi connectivity index (χ1n) is 26.4. The third-order valence-corrected chi connectivity index (χ3v) is 17.3. The molecule has 2 saturated heterocycles. The largest absolute Gasteiger partial charge is 0.508 e. The number of phenols is 1. The van der Waals surface area contributed by atoms with Gasteiger partial charge in [0.25, 0.3) is 0 Å². The summed E-state index contributed by atoms with van der Waals surface area (Å²) < 4.78 is -0.758. The maximum atomic E-state index is 15.0. The Morgan fingerprint density at radius 3 is 2.05 bits per heavy atom. The molecule has 2 aliphatic heterocycles. The van der Waals surface area contributed by atoms with Crippen LogP contribution in [0.4, 0.5) is 0 Å².